The summed E-state index contributed by atoms with van der Waals surface area (Å²) in [5.74, 6) is 0. The summed E-state index contributed by atoms with van der Waals surface area (Å²) in [6, 6.07) is 0.362. The fourth-order valence-corrected chi connectivity index (χ4v) is 2.40. The summed E-state index contributed by atoms with van der Waals surface area (Å²) in [5.41, 5.74) is 6.36. The molecule has 0 aromatic heterocycles. The fourth-order valence-electron chi connectivity index (χ4n) is 2.40. The zero-order chi connectivity index (χ0) is 13.0. The molecule has 1 rings (SSSR count). The lowest BCUT2D eigenvalue weighted by Gasteiger charge is -2.45. The zero-order valence-electron chi connectivity index (χ0n) is 11.5. The Morgan fingerprint density at radius 1 is 1.19 bits per heavy atom. The number of rotatable bonds is 1. The van der Waals surface area contributed by atoms with E-state index in [2.05, 4.69) is 33.0 Å². The standard InChI is InChI=1S/C9H20N2.C3H7NO/c1-8(2)5-7(10)6-9(3,4)11-8;1-4(2)3-5/h7,11H,5-6,10H2,1-4H3;3H,1-2H3. The van der Waals surface area contributed by atoms with Crippen molar-refractivity contribution in [3.63, 3.8) is 0 Å². The molecular formula is C12H27N3O. The second-order valence-electron chi connectivity index (χ2n) is 6.13. The van der Waals surface area contributed by atoms with Crippen LogP contribution in [0.1, 0.15) is 40.5 Å². The molecule has 0 unspecified atom stereocenters. The Hall–Kier alpha value is -0.610. The molecule has 0 bridgehead atoms. The molecule has 3 N–H and O–H groups in total. The number of nitrogens with one attached hydrogen (secondary N) is 1. The summed E-state index contributed by atoms with van der Waals surface area (Å²) < 4.78 is 0. The highest BCUT2D eigenvalue weighted by Gasteiger charge is 2.35. The van der Waals surface area contributed by atoms with Crippen LogP contribution in [0.5, 0.6) is 0 Å². The predicted octanol–water partition coefficient (Wildman–Crippen LogP) is 0.959. The zero-order valence-corrected chi connectivity index (χ0v) is 11.5. The quantitative estimate of drug-likeness (QED) is 0.658. The third kappa shape index (κ3) is 6.80. The molecule has 1 aliphatic heterocycles. The van der Waals surface area contributed by atoms with Crippen molar-refractivity contribution in [3.8, 4) is 0 Å². The summed E-state index contributed by atoms with van der Waals surface area (Å²) in [7, 11) is 3.38. The van der Waals surface area contributed by atoms with Crippen molar-refractivity contribution >= 4 is 6.41 Å². The van der Waals surface area contributed by atoms with E-state index in [-0.39, 0.29) is 11.1 Å². The van der Waals surface area contributed by atoms with Gasteiger partial charge in [0.1, 0.15) is 0 Å². The van der Waals surface area contributed by atoms with Gasteiger partial charge in [0.2, 0.25) is 6.41 Å². The Balaban J connectivity index is 0.000000385. The van der Waals surface area contributed by atoms with Crippen LogP contribution in [-0.4, -0.2) is 42.5 Å². The third-order valence-corrected chi connectivity index (χ3v) is 2.43. The maximum Gasteiger partial charge on any atom is 0.209 e. The van der Waals surface area contributed by atoms with Gasteiger partial charge in [0.15, 0.2) is 0 Å². The number of nitrogens with two attached hydrogens (primary N) is 1. The van der Waals surface area contributed by atoms with Crippen LogP contribution >= 0.6 is 0 Å². The SMILES string of the molecule is CC1(C)CC(N)CC(C)(C)N1.CN(C)C=O. The van der Waals surface area contributed by atoms with Crippen LogP contribution in [0.2, 0.25) is 0 Å². The van der Waals surface area contributed by atoms with Crippen LogP contribution in [0.4, 0.5) is 0 Å². The van der Waals surface area contributed by atoms with E-state index in [0.717, 1.165) is 19.3 Å². The van der Waals surface area contributed by atoms with Gasteiger partial charge in [-0.25, -0.2) is 0 Å². The number of carbonyl (C=O) groups excluding carboxylic acids is 1. The average Bonchev–Trinajstić information content (AvgIpc) is 1.97. The molecule has 0 aliphatic carbocycles. The molecule has 0 aromatic rings. The third-order valence-electron chi connectivity index (χ3n) is 2.43. The molecule has 0 radical (unpaired) electrons. The highest BCUT2D eigenvalue weighted by Crippen LogP contribution is 2.26. The number of nitrogens with zero attached hydrogens (tertiary/aromatic N) is 1. The van der Waals surface area contributed by atoms with Crippen molar-refractivity contribution in [2.45, 2.75) is 57.7 Å². The molecule has 4 heteroatoms. The summed E-state index contributed by atoms with van der Waals surface area (Å²) in [4.78, 5) is 10.9. The van der Waals surface area contributed by atoms with E-state index < -0.39 is 0 Å². The average molecular weight is 229 g/mol. The first-order valence-electron chi connectivity index (χ1n) is 5.75. The smallest absolute Gasteiger partial charge is 0.209 e. The molecule has 4 nitrogen and oxygen atoms in total. The van der Waals surface area contributed by atoms with Gasteiger partial charge >= 0.3 is 0 Å². The van der Waals surface area contributed by atoms with Crippen molar-refractivity contribution < 1.29 is 4.79 Å². The van der Waals surface area contributed by atoms with Gasteiger partial charge in [-0.3, -0.25) is 4.79 Å². The van der Waals surface area contributed by atoms with Crippen LogP contribution in [0.15, 0.2) is 0 Å². The van der Waals surface area contributed by atoms with E-state index in [1.54, 1.807) is 14.1 Å². The number of amides is 1. The first-order chi connectivity index (χ1) is 7.08. The predicted molar refractivity (Wildman–Crippen MR) is 68.3 cm³/mol. The van der Waals surface area contributed by atoms with Gasteiger partial charge in [-0.15, -0.1) is 0 Å². The highest BCUT2D eigenvalue weighted by molar-refractivity contribution is 5.45. The van der Waals surface area contributed by atoms with Crippen molar-refractivity contribution in [1.29, 1.82) is 0 Å². The van der Waals surface area contributed by atoms with Crippen molar-refractivity contribution in [2.24, 2.45) is 5.73 Å². The van der Waals surface area contributed by atoms with Crippen LogP contribution < -0.4 is 11.1 Å². The molecule has 0 atom stereocenters. The Morgan fingerprint density at radius 3 is 1.69 bits per heavy atom. The molecule has 1 saturated heterocycles. The maximum atomic E-state index is 9.43. The van der Waals surface area contributed by atoms with Gasteiger partial charge in [-0.1, -0.05) is 0 Å². The fraction of sp³-hybridized carbons (Fsp3) is 0.917. The lowest BCUT2D eigenvalue weighted by Crippen LogP contribution is -2.60. The Labute approximate surface area is 99.6 Å². The largest absolute Gasteiger partial charge is 0.351 e. The lowest BCUT2D eigenvalue weighted by molar-refractivity contribution is -0.115. The molecule has 0 aromatic carbocycles. The highest BCUT2D eigenvalue weighted by atomic mass is 16.1. The number of carbonyl (C=O) groups is 1. The summed E-state index contributed by atoms with van der Waals surface area (Å²) >= 11 is 0. The van der Waals surface area contributed by atoms with Gasteiger partial charge in [0.05, 0.1) is 0 Å². The van der Waals surface area contributed by atoms with Gasteiger partial charge in [0.25, 0.3) is 0 Å². The van der Waals surface area contributed by atoms with Crippen LogP contribution in [0.25, 0.3) is 0 Å². The van der Waals surface area contributed by atoms with Crippen molar-refractivity contribution in [3.05, 3.63) is 0 Å². The Bertz CT molecular complexity index is 208. The van der Waals surface area contributed by atoms with E-state index in [1.165, 1.54) is 4.90 Å². The van der Waals surface area contributed by atoms with Crippen LogP contribution in [0, 0.1) is 0 Å². The van der Waals surface area contributed by atoms with E-state index in [1.807, 2.05) is 0 Å². The molecule has 0 saturated carbocycles. The Morgan fingerprint density at radius 2 is 1.50 bits per heavy atom. The molecular weight excluding hydrogens is 202 g/mol. The second kappa shape index (κ2) is 5.64. The minimum absolute atomic E-state index is 0.209. The lowest BCUT2D eigenvalue weighted by atomic mass is 9.80. The normalized spacial score (nSPS) is 22.9. The Kier molecular flexibility index (Phi) is 5.42. The van der Waals surface area contributed by atoms with Crippen LogP contribution in [0.3, 0.4) is 0 Å². The van der Waals surface area contributed by atoms with E-state index in [0.29, 0.717) is 6.04 Å². The van der Waals surface area contributed by atoms with Crippen molar-refractivity contribution in [1.82, 2.24) is 10.2 Å². The monoisotopic (exact) mass is 229 g/mol. The summed E-state index contributed by atoms with van der Waals surface area (Å²) in [6.07, 6.45) is 2.91. The molecule has 1 heterocycles. The second-order valence-corrected chi connectivity index (χ2v) is 6.13. The summed E-state index contributed by atoms with van der Waals surface area (Å²) in [5, 5.41) is 3.58. The van der Waals surface area contributed by atoms with Gasteiger partial charge in [-0.05, 0) is 40.5 Å². The first kappa shape index (κ1) is 15.4. The number of hydrogen-bond donors (Lipinski definition) is 2. The molecule has 0 spiro atoms. The molecule has 96 valence electrons. The van der Waals surface area contributed by atoms with E-state index in [4.69, 9.17) is 5.73 Å². The molecule has 16 heavy (non-hydrogen) atoms. The maximum absolute atomic E-state index is 9.43. The topological polar surface area (TPSA) is 58.4 Å². The molecule has 1 amide bonds. The van der Waals surface area contributed by atoms with E-state index >= 15 is 0 Å². The summed E-state index contributed by atoms with van der Waals surface area (Å²) in [6.45, 7) is 8.86. The minimum atomic E-state index is 0.209. The number of hydrogen-bond acceptors (Lipinski definition) is 3. The van der Waals surface area contributed by atoms with Gasteiger partial charge in [-0.2, -0.15) is 0 Å². The first-order valence-corrected chi connectivity index (χ1v) is 5.75. The minimum Gasteiger partial charge on any atom is -0.351 e. The van der Waals surface area contributed by atoms with E-state index in [9.17, 15) is 4.79 Å². The van der Waals surface area contributed by atoms with Crippen LogP contribution in [-0.2, 0) is 4.79 Å². The molecule has 1 aliphatic rings. The van der Waals surface area contributed by atoms with Crippen molar-refractivity contribution in [2.75, 3.05) is 14.1 Å². The van der Waals surface area contributed by atoms with Gasteiger partial charge in [0, 0.05) is 31.2 Å². The molecule has 1 fully saturated rings. The van der Waals surface area contributed by atoms with Gasteiger partial charge < -0.3 is 16.0 Å². The number of piperidine rings is 1.